The fourth-order valence-corrected chi connectivity index (χ4v) is 5.48. The van der Waals surface area contributed by atoms with Crippen molar-refractivity contribution in [2.75, 3.05) is 18.5 Å². The zero-order valence-electron chi connectivity index (χ0n) is 21.7. The molecule has 7 heteroatoms. The first kappa shape index (κ1) is 24.7. The molecule has 3 unspecified atom stereocenters. The van der Waals surface area contributed by atoms with Crippen LogP contribution in [0.5, 0.6) is 11.5 Å². The van der Waals surface area contributed by atoms with E-state index in [1.165, 1.54) is 0 Å². The van der Waals surface area contributed by atoms with Gasteiger partial charge in [0.2, 0.25) is 5.91 Å². The molecule has 192 valence electrons. The van der Waals surface area contributed by atoms with E-state index in [4.69, 9.17) is 9.47 Å². The summed E-state index contributed by atoms with van der Waals surface area (Å²) in [7, 11) is 0. The highest BCUT2D eigenvalue weighted by molar-refractivity contribution is 5.96. The number of amides is 3. The summed E-state index contributed by atoms with van der Waals surface area (Å²) in [5, 5.41) is 6.23. The second-order valence-electron chi connectivity index (χ2n) is 9.86. The lowest BCUT2D eigenvalue weighted by Gasteiger charge is -2.54. The quantitative estimate of drug-likeness (QED) is 0.458. The van der Waals surface area contributed by atoms with Crippen LogP contribution in [0.2, 0.25) is 0 Å². The first-order valence-corrected chi connectivity index (χ1v) is 12.8. The normalized spacial score (nSPS) is 21.9. The van der Waals surface area contributed by atoms with E-state index in [1.807, 2.05) is 94.4 Å². The van der Waals surface area contributed by atoms with E-state index in [9.17, 15) is 9.59 Å². The van der Waals surface area contributed by atoms with Crippen molar-refractivity contribution in [3.63, 3.8) is 0 Å². The Labute approximate surface area is 217 Å². The predicted octanol–water partition coefficient (Wildman–Crippen LogP) is 5.37. The highest BCUT2D eigenvalue weighted by Crippen LogP contribution is 2.51. The Morgan fingerprint density at radius 2 is 1.89 bits per heavy atom. The van der Waals surface area contributed by atoms with Gasteiger partial charge in [-0.2, -0.15) is 0 Å². The van der Waals surface area contributed by atoms with Crippen LogP contribution in [0.4, 0.5) is 10.5 Å². The highest BCUT2D eigenvalue weighted by Gasteiger charge is 2.60. The van der Waals surface area contributed by atoms with E-state index in [0.717, 1.165) is 27.9 Å². The van der Waals surface area contributed by atoms with E-state index < -0.39 is 17.7 Å². The van der Waals surface area contributed by atoms with Gasteiger partial charge in [-0.05, 0) is 57.4 Å². The lowest BCUT2D eigenvalue weighted by atomic mass is 9.78. The number of carbonyl (C=O) groups excluding carboxylic acids is 2. The van der Waals surface area contributed by atoms with Gasteiger partial charge in [0.05, 0.1) is 12.6 Å². The van der Waals surface area contributed by atoms with Gasteiger partial charge in [-0.15, -0.1) is 0 Å². The minimum atomic E-state index is -1.23. The van der Waals surface area contributed by atoms with Crippen LogP contribution in [-0.2, 0) is 11.2 Å². The van der Waals surface area contributed by atoms with Crippen molar-refractivity contribution in [2.45, 2.75) is 45.9 Å². The molecule has 37 heavy (non-hydrogen) atoms. The van der Waals surface area contributed by atoms with Gasteiger partial charge < -0.3 is 20.1 Å². The Morgan fingerprint density at radius 3 is 2.62 bits per heavy atom. The van der Waals surface area contributed by atoms with Crippen molar-refractivity contribution in [1.82, 2.24) is 10.2 Å². The average Bonchev–Trinajstić information content (AvgIpc) is 2.86. The van der Waals surface area contributed by atoms with Gasteiger partial charge >= 0.3 is 6.03 Å². The van der Waals surface area contributed by atoms with Crippen molar-refractivity contribution in [1.29, 1.82) is 0 Å². The monoisotopic (exact) mass is 499 g/mol. The summed E-state index contributed by atoms with van der Waals surface area (Å²) in [4.78, 5) is 29.1. The summed E-state index contributed by atoms with van der Waals surface area (Å²) in [6.45, 7) is 8.60. The largest absolute Gasteiger partial charge is 0.490 e. The number of nitrogens with zero attached hydrogens (tertiary/aromatic N) is 1. The van der Waals surface area contributed by atoms with Crippen LogP contribution in [0.25, 0.3) is 0 Å². The van der Waals surface area contributed by atoms with Crippen molar-refractivity contribution in [3.8, 4) is 11.5 Å². The summed E-state index contributed by atoms with van der Waals surface area (Å²) < 4.78 is 12.5. The van der Waals surface area contributed by atoms with E-state index in [-0.39, 0.29) is 11.9 Å². The van der Waals surface area contributed by atoms with Crippen LogP contribution in [0, 0.1) is 19.8 Å². The van der Waals surface area contributed by atoms with Crippen molar-refractivity contribution < 1.29 is 19.1 Å². The minimum absolute atomic E-state index is 0.211. The first-order valence-electron chi connectivity index (χ1n) is 12.8. The van der Waals surface area contributed by atoms with Gasteiger partial charge in [-0.3, -0.25) is 9.69 Å². The number of nitrogens with one attached hydrogen (secondary N) is 2. The Hall–Kier alpha value is -4.00. The number of ether oxygens (including phenoxy) is 2. The van der Waals surface area contributed by atoms with Crippen LogP contribution in [0.1, 0.15) is 42.1 Å². The standard InChI is InChI=1S/C30H33N3O4/c1-5-36-24-13-9-12-22-26-25(28(34)31-23-15-14-19(2)18-20(23)3)30(4,37-27(22)24)33(29(35)32-26)17-16-21-10-7-6-8-11-21/h6-15,18,25-26H,5,16-17H2,1-4H3,(H,31,34)(H,32,35). The molecule has 2 aliphatic rings. The van der Waals surface area contributed by atoms with Crippen molar-refractivity contribution >= 4 is 17.6 Å². The molecule has 0 radical (unpaired) electrons. The van der Waals surface area contributed by atoms with Crippen molar-refractivity contribution in [2.24, 2.45) is 5.92 Å². The van der Waals surface area contributed by atoms with Crippen LogP contribution in [-0.4, -0.2) is 35.7 Å². The lowest BCUT2D eigenvalue weighted by molar-refractivity contribution is -0.154. The lowest BCUT2D eigenvalue weighted by Crippen LogP contribution is -2.72. The Kier molecular flexibility index (Phi) is 6.54. The van der Waals surface area contributed by atoms with Gasteiger partial charge in [0.25, 0.3) is 0 Å². The molecule has 3 aromatic rings. The zero-order valence-corrected chi connectivity index (χ0v) is 21.7. The Morgan fingerprint density at radius 1 is 1.11 bits per heavy atom. The molecular formula is C30H33N3O4. The number of hydrogen-bond acceptors (Lipinski definition) is 4. The molecule has 1 fully saturated rings. The molecule has 7 nitrogen and oxygen atoms in total. The van der Waals surface area contributed by atoms with Gasteiger partial charge in [-0.1, -0.05) is 60.2 Å². The number of aryl methyl sites for hydroxylation is 2. The van der Waals surface area contributed by atoms with Gasteiger partial charge in [0, 0.05) is 17.8 Å². The smallest absolute Gasteiger partial charge is 0.321 e. The molecule has 3 amide bonds. The van der Waals surface area contributed by atoms with E-state index in [1.54, 1.807) is 4.90 Å². The number of anilines is 1. The zero-order chi connectivity index (χ0) is 26.2. The fraction of sp³-hybridized carbons (Fsp3) is 0.333. The summed E-state index contributed by atoms with van der Waals surface area (Å²) in [6.07, 6.45) is 0.628. The number of hydrogen-bond donors (Lipinski definition) is 2. The maximum atomic E-state index is 14.0. The number of carbonyl (C=O) groups is 2. The van der Waals surface area contributed by atoms with Crippen LogP contribution < -0.4 is 20.1 Å². The molecule has 5 rings (SSSR count). The molecule has 2 bridgehead atoms. The molecule has 3 atom stereocenters. The molecule has 2 N–H and O–H groups in total. The maximum Gasteiger partial charge on any atom is 0.321 e. The number of para-hydroxylation sites is 1. The Balaban J connectivity index is 1.55. The maximum absolute atomic E-state index is 14.0. The van der Waals surface area contributed by atoms with E-state index in [0.29, 0.717) is 31.1 Å². The number of urea groups is 1. The summed E-state index contributed by atoms with van der Waals surface area (Å²) >= 11 is 0. The molecule has 1 saturated heterocycles. The average molecular weight is 500 g/mol. The molecule has 0 aliphatic carbocycles. The topological polar surface area (TPSA) is 79.9 Å². The van der Waals surface area contributed by atoms with Crippen LogP contribution in [0.15, 0.2) is 66.7 Å². The van der Waals surface area contributed by atoms with Crippen LogP contribution in [0.3, 0.4) is 0 Å². The number of rotatable bonds is 7. The van der Waals surface area contributed by atoms with Gasteiger partial charge in [0.15, 0.2) is 17.2 Å². The van der Waals surface area contributed by atoms with E-state index in [2.05, 4.69) is 10.6 Å². The number of benzene rings is 3. The van der Waals surface area contributed by atoms with Gasteiger partial charge in [-0.25, -0.2) is 4.79 Å². The minimum Gasteiger partial charge on any atom is -0.490 e. The molecular weight excluding hydrogens is 466 g/mol. The molecule has 0 saturated carbocycles. The third-order valence-corrected chi connectivity index (χ3v) is 7.31. The third-order valence-electron chi connectivity index (χ3n) is 7.31. The molecule has 2 heterocycles. The highest BCUT2D eigenvalue weighted by atomic mass is 16.5. The molecule has 0 spiro atoms. The third kappa shape index (κ3) is 4.50. The fourth-order valence-electron chi connectivity index (χ4n) is 5.48. The second kappa shape index (κ2) is 9.81. The molecule has 0 aromatic heterocycles. The summed E-state index contributed by atoms with van der Waals surface area (Å²) in [6, 6.07) is 20.7. The molecule has 3 aromatic carbocycles. The summed E-state index contributed by atoms with van der Waals surface area (Å²) in [5.41, 5.74) is 3.45. The predicted molar refractivity (Wildman–Crippen MR) is 143 cm³/mol. The van der Waals surface area contributed by atoms with Gasteiger partial charge in [0.1, 0.15) is 5.92 Å². The second-order valence-corrected chi connectivity index (χ2v) is 9.86. The van der Waals surface area contributed by atoms with Crippen molar-refractivity contribution in [3.05, 3.63) is 89.0 Å². The number of fused-ring (bicyclic) bond motifs is 4. The SMILES string of the molecule is CCOc1cccc2c1OC1(C)C(C(=O)Nc3ccc(C)cc3C)C2NC(=O)N1CCc1ccccc1. The van der Waals surface area contributed by atoms with E-state index >= 15 is 0 Å². The Bertz CT molecular complexity index is 1330. The summed E-state index contributed by atoms with van der Waals surface area (Å²) in [5.74, 6) is 0.253. The first-order chi connectivity index (χ1) is 17.8. The molecule has 2 aliphatic heterocycles. The van der Waals surface area contributed by atoms with Crippen LogP contribution >= 0.6 is 0 Å².